The number of aryl methyl sites for hydroxylation is 2. The molecule has 1 aromatic carbocycles. The molecule has 0 amide bonds. The molecule has 108 valence electrons. The van der Waals surface area contributed by atoms with E-state index in [2.05, 4.69) is 57.5 Å². The van der Waals surface area contributed by atoms with Gasteiger partial charge in [-0.3, -0.25) is 0 Å². The van der Waals surface area contributed by atoms with Gasteiger partial charge in [-0.2, -0.15) is 0 Å². The van der Waals surface area contributed by atoms with Crippen LogP contribution in [0, 0.1) is 6.92 Å². The lowest BCUT2D eigenvalue weighted by Gasteiger charge is -2.03. The van der Waals surface area contributed by atoms with E-state index in [9.17, 15) is 0 Å². The first kappa shape index (κ1) is 16.7. The third kappa shape index (κ3) is 6.58. The van der Waals surface area contributed by atoms with Gasteiger partial charge in [0.05, 0.1) is 0 Å². The van der Waals surface area contributed by atoms with Gasteiger partial charge < -0.3 is 0 Å². The van der Waals surface area contributed by atoms with Gasteiger partial charge in [0.2, 0.25) is 0 Å². The van der Waals surface area contributed by atoms with Crippen LogP contribution in [0.1, 0.15) is 17.5 Å². The summed E-state index contributed by atoms with van der Waals surface area (Å²) in [5.41, 5.74) is 5.51. The fourth-order valence-corrected chi connectivity index (χ4v) is 1.76. The molecule has 1 rings (SSSR count). The van der Waals surface area contributed by atoms with Crippen molar-refractivity contribution in [3.63, 3.8) is 0 Å². The molecule has 0 aliphatic carbocycles. The number of benzene rings is 1. The van der Waals surface area contributed by atoms with Crippen LogP contribution in [0.5, 0.6) is 0 Å². The molecule has 1 aromatic rings. The Morgan fingerprint density at radius 3 is 2.19 bits per heavy atom. The fraction of sp³-hybridized carbons (Fsp3) is 0.143. The first-order valence-corrected chi connectivity index (χ1v) is 7.11. The molecule has 0 aliphatic rings. The molecule has 21 heavy (non-hydrogen) atoms. The minimum absolute atomic E-state index is 0.887. The summed E-state index contributed by atoms with van der Waals surface area (Å²) < 4.78 is 0. The van der Waals surface area contributed by atoms with Crippen molar-refractivity contribution in [2.75, 3.05) is 0 Å². The SMILES string of the molecule is C=C/C=C\C(=C)C(=C)/C=C\C(=C)CCc1ccc(C)cc1. The quantitative estimate of drug-likeness (QED) is 0.519. The van der Waals surface area contributed by atoms with E-state index >= 15 is 0 Å². The maximum absolute atomic E-state index is 4.09. The third-order valence-electron chi connectivity index (χ3n) is 3.22. The van der Waals surface area contributed by atoms with Crippen LogP contribution in [-0.2, 0) is 6.42 Å². The molecule has 0 spiro atoms. The van der Waals surface area contributed by atoms with E-state index < -0.39 is 0 Å². The van der Waals surface area contributed by atoms with Crippen molar-refractivity contribution in [1.29, 1.82) is 0 Å². The average molecular weight is 276 g/mol. The monoisotopic (exact) mass is 276 g/mol. The van der Waals surface area contributed by atoms with E-state index in [-0.39, 0.29) is 0 Å². The zero-order chi connectivity index (χ0) is 15.7. The molecule has 0 heterocycles. The van der Waals surface area contributed by atoms with Gasteiger partial charge in [-0.1, -0.05) is 92.1 Å². The molecule has 0 radical (unpaired) electrons. The molecule has 0 saturated carbocycles. The van der Waals surface area contributed by atoms with E-state index in [1.165, 1.54) is 11.1 Å². The van der Waals surface area contributed by atoms with E-state index in [1.807, 2.05) is 24.3 Å². The van der Waals surface area contributed by atoms with Crippen LogP contribution >= 0.6 is 0 Å². The highest BCUT2D eigenvalue weighted by Crippen LogP contribution is 2.13. The molecule has 0 bridgehead atoms. The molecule has 0 aromatic heterocycles. The van der Waals surface area contributed by atoms with Crippen molar-refractivity contribution >= 4 is 0 Å². The number of hydrogen-bond acceptors (Lipinski definition) is 0. The molecule has 0 aliphatic heterocycles. The highest BCUT2D eigenvalue weighted by Gasteiger charge is 1.96. The van der Waals surface area contributed by atoms with Gasteiger partial charge >= 0.3 is 0 Å². The molecular weight excluding hydrogens is 252 g/mol. The summed E-state index contributed by atoms with van der Waals surface area (Å²) in [4.78, 5) is 0. The Kier molecular flexibility index (Phi) is 6.97. The number of rotatable bonds is 8. The summed E-state index contributed by atoms with van der Waals surface area (Å²) in [5, 5.41) is 0. The normalized spacial score (nSPS) is 10.9. The lowest BCUT2D eigenvalue weighted by atomic mass is 10.0. The Bertz CT molecular complexity index is 577. The highest BCUT2D eigenvalue weighted by molar-refractivity contribution is 5.44. The summed E-state index contributed by atoms with van der Waals surface area (Å²) in [6.45, 7) is 17.8. The van der Waals surface area contributed by atoms with Crippen LogP contribution in [0.3, 0.4) is 0 Å². The standard InChI is InChI=1S/C21H24/c1-6-7-8-19(4)20(5)13-9-17(2)10-14-21-15-11-18(3)12-16-21/h6-9,11-13,15-16H,1-2,4-5,10,14H2,3H3/b8-7-,13-9-. The van der Waals surface area contributed by atoms with Crippen molar-refractivity contribution in [2.24, 2.45) is 0 Å². The first-order valence-electron chi connectivity index (χ1n) is 7.11. The van der Waals surface area contributed by atoms with Crippen LogP contribution in [0.2, 0.25) is 0 Å². The Morgan fingerprint density at radius 1 is 0.952 bits per heavy atom. The van der Waals surface area contributed by atoms with Crippen molar-refractivity contribution in [1.82, 2.24) is 0 Å². The molecule has 0 fully saturated rings. The van der Waals surface area contributed by atoms with Gasteiger partial charge in [0, 0.05) is 0 Å². The zero-order valence-electron chi connectivity index (χ0n) is 12.9. The van der Waals surface area contributed by atoms with Gasteiger partial charge in [-0.25, -0.2) is 0 Å². The molecule has 0 unspecified atom stereocenters. The predicted octanol–water partition coefficient (Wildman–Crippen LogP) is 5.89. The summed E-state index contributed by atoms with van der Waals surface area (Å²) in [7, 11) is 0. The summed E-state index contributed by atoms with van der Waals surface area (Å²) in [6, 6.07) is 8.64. The van der Waals surface area contributed by atoms with Gasteiger partial charge in [-0.05, 0) is 36.5 Å². The fourth-order valence-electron chi connectivity index (χ4n) is 1.76. The lowest BCUT2D eigenvalue weighted by molar-refractivity contribution is 0.968. The van der Waals surface area contributed by atoms with Crippen LogP contribution in [0.25, 0.3) is 0 Å². The smallest absolute Gasteiger partial charge is 0.0238 e. The minimum Gasteiger partial charge on any atom is -0.0991 e. The Morgan fingerprint density at radius 2 is 1.57 bits per heavy atom. The largest absolute Gasteiger partial charge is 0.0991 e. The van der Waals surface area contributed by atoms with E-state index in [1.54, 1.807) is 6.08 Å². The summed E-state index contributed by atoms with van der Waals surface area (Å²) >= 11 is 0. The van der Waals surface area contributed by atoms with Gasteiger partial charge in [0.1, 0.15) is 0 Å². The topological polar surface area (TPSA) is 0 Å². The minimum atomic E-state index is 0.887. The molecule has 0 heteroatoms. The Balaban J connectivity index is 2.46. The van der Waals surface area contributed by atoms with E-state index in [0.717, 1.165) is 29.6 Å². The van der Waals surface area contributed by atoms with Gasteiger partial charge in [0.15, 0.2) is 0 Å². The van der Waals surface area contributed by atoms with Crippen LogP contribution in [-0.4, -0.2) is 0 Å². The first-order chi connectivity index (χ1) is 10.0. The van der Waals surface area contributed by atoms with Crippen LogP contribution in [0.15, 0.2) is 97.7 Å². The number of hydrogen-bond donors (Lipinski definition) is 0. The average Bonchev–Trinajstić information content (AvgIpc) is 2.49. The third-order valence-corrected chi connectivity index (χ3v) is 3.22. The van der Waals surface area contributed by atoms with Crippen molar-refractivity contribution in [2.45, 2.75) is 19.8 Å². The van der Waals surface area contributed by atoms with Crippen LogP contribution < -0.4 is 0 Å². The molecular formula is C21H24. The molecule has 0 saturated heterocycles. The summed E-state index contributed by atoms with van der Waals surface area (Å²) in [5.74, 6) is 0. The van der Waals surface area contributed by atoms with Crippen molar-refractivity contribution < 1.29 is 0 Å². The zero-order valence-corrected chi connectivity index (χ0v) is 12.9. The Labute approximate surface area is 129 Å². The maximum atomic E-state index is 4.09. The molecule has 0 N–H and O–H groups in total. The second-order valence-corrected chi connectivity index (χ2v) is 5.12. The maximum Gasteiger partial charge on any atom is -0.0238 e. The van der Waals surface area contributed by atoms with Gasteiger partial charge in [0.25, 0.3) is 0 Å². The van der Waals surface area contributed by atoms with Crippen molar-refractivity contribution in [3.05, 3.63) is 109 Å². The molecule has 0 atom stereocenters. The highest BCUT2D eigenvalue weighted by atomic mass is 14.0. The van der Waals surface area contributed by atoms with Crippen LogP contribution in [0.4, 0.5) is 0 Å². The number of allylic oxidation sites excluding steroid dienone is 8. The second-order valence-electron chi connectivity index (χ2n) is 5.12. The summed E-state index contributed by atoms with van der Waals surface area (Å²) in [6.07, 6.45) is 11.4. The second kappa shape index (κ2) is 8.76. The molecule has 0 nitrogen and oxygen atoms in total. The lowest BCUT2D eigenvalue weighted by Crippen LogP contribution is -1.87. The van der Waals surface area contributed by atoms with E-state index in [0.29, 0.717) is 0 Å². The van der Waals surface area contributed by atoms with E-state index in [4.69, 9.17) is 0 Å². The predicted molar refractivity (Wildman–Crippen MR) is 95.4 cm³/mol. The van der Waals surface area contributed by atoms with Crippen molar-refractivity contribution in [3.8, 4) is 0 Å². The van der Waals surface area contributed by atoms with Gasteiger partial charge in [-0.15, -0.1) is 0 Å². The Hall–Kier alpha value is -2.34.